The van der Waals surface area contributed by atoms with Crippen LogP contribution in [0, 0.1) is 11.8 Å². The minimum Gasteiger partial charge on any atom is -0.413 e. The second-order valence-electron chi connectivity index (χ2n) is 12.9. The van der Waals surface area contributed by atoms with Crippen LogP contribution in [0.15, 0.2) is 24.8 Å². The Kier molecular flexibility index (Phi) is 10.7. The maximum absolute atomic E-state index is 10.5. The van der Waals surface area contributed by atoms with E-state index in [2.05, 4.69) is 93.4 Å². The van der Waals surface area contributed by atoms with Gasteiger partial charge in [0.25, 0.3) is 0 Å². The van der Waals surface area contributed by atoms with E-state index in [0.29, 0.717) is 0 Å². The molecule has 0 heterocycles. The van der Waals surface area contributed by atoms with Crippen molar-refractivity contribution < 1.29 is 14.0 Å². The van der Waals surface area contributed by atoms with Crippen molar-refractivity contribution in [1.29, 1.82) is 0 Å². The molecule has 188 valence electrons. The van der Waals surface area contributed by atoms with E-state index in [0.717, 1.165) is 19.3 Å². The van der Waals surface area contributed by atoms with Crippen molar-refractivity contribution >= 4 is 16.6 Å². The van der Waals surface area contributed by atoms with E-state index in [4.69, 9.17) is 8.85 Å². The van der Waals surface area contributed by atoms with Crippen LogP contribution in [-0.2, 0) is 8.85 Å². The Morgan fingerprint density at radius 3 is 1.78 bits per heavy atom. The van der Waals surface area contributed by atoms with E-state index in [1.807, 2.05) is 6.08 Å². The Balaban J connectivity index is 3.17. The summed E-state index contributed by atoms with van der Waals surface area (Å²) in [7, 11) is -3.85. The van der Waals surface area contributed by atoms with Gasteiger partial charge in [-0.15, -0.1) is 6.58 Å². The molecule has 0 radical (unpaired) electrons. The van der Waals surface area contributed by atoms with Crippen LogP contribution < -0.4 is 0 Å². The van der Waals surface area contributed by atoms with Crippen LogP contribution in [0.3, 0.4) is 0 Å². The van der Waals surface area contributed by atoms with Gasteiger partial charge in [0.15, 0.2) is 16.6 Å². The number of rotatable bonds is 11. The topological polar surface area (TPSA) is 38.7 Å². The Labute approximate surface area is 202 Å². The lowest BCUT2D eigenvalue weighted by Gasteiger charge is -2.40. The van der Waals surface area contributed by atoms with Gasteiger partial charge in [-0.3, -0.25) is 0 Å². The third-order valence-corrected chi connectivity index (χ3v) is 17.2. The van der Waals surface area contributed by atoms with Gasteiger partial charge in [0.1, 0.15) is 0 Å². The second kappa shape index (κ2) is 11.5. The number of unbranched alkanes of at least 4 members (excludes halogenated alkanes) is 2. The molecule has 1 rings (SSSR count). The Hall–Kier alpha value is -0.206. The van der Waals surface area contributed by atoms with Crippen molar-refractivity contribution in [1.82, 2.24) is 0 Å². The summed E-state index contributed by atoms with van der Waals surface area (Å²) >= 11 is 0. The molecule has 0 aromatic heterocycles. The lowest BCUT2D eigenvalue weighted by Crippen LogP contribution is -2.45. The van der Waals surface area contributed by atoms with E-state index in [9.17, 15) is 5.11 Å². The molecule has 1 aliphatic carbocycles. The Bertz CT molecular complexity index is 613. The molecule has 1 N–H and O–H groups in total. The van der Waals surface area contributed by atoms with Gasteiger partial charge >= 0.3 is 0 Å². The van der Waals surface area contributed by atoms with Gasteiger partial charge in [0, 0.05) is 11.8 Å². The fraction of sp³-hybridized carbons (Fsp3) is 0.852. The number of hydrogen-bond donors (Lipinski definition) is 1. The van der Waals surface area contributed by atoms with Crippen LogP contribution in [-0.4, -0.2) is 40.1 Å². The van der Waals surface area contributed by atoms with Gasteiger partial charge in [-0.05, 0) is 49.1 Å². The van der Waals surface area contributed by atoms with E-state index in [1.165, 1.54) is 12.8 Å². The summed E-state index contributed by atoms with van der Waals surface area (Å²) in [5.74, 6) is 0.398. The first-order valence-electron chi connectivity index (χ1n) is 12.8. The highest BCUT2D eigenvalue weighted by Crippen LogP contribution is 2.47. The average Bonchev–Trinajstić information content (AvgIpc) is 2.92. The van der Waals surface area contributed by atoms with Crippen LogP contribution in [0.4, 0.5) is 0 Å². The molecule has 0 aliphatic heterocycles. The second-order valence-corrected chi connectivity index (χ2v) is 22.4. The molecule has 0 spiro atoms. The summed E-state index contributed by atoms with van der Waals surface area (Å²) in [6.07, 6.45) is 11.3. The molecule has 1 unspecified atom stereocenters. The van der Waals surface area contributed by atoms with Crippen LogP contribution in [0.5, 0.6) is 0 Å². The molecule has 5 atom stereocenters. The molecule has 1 aliphatic rings. The lowest BCUT2D eigenvalue weighted by molar-refractivity contribution is 0.135. The van der Waals surface area contributed by atoms with E-state index < -0.39 is 16.6 Å². The van der Waals surface area contributed by atoms with Crippen molar-refractivity contribution in [2.24, 2.45) is 11.8 Å². The van der Waals surface area contributed by atoms with Gasteiger partial charge in [-0.2, -0.15) is 0 Å². The first-order valence-corrected chi connectivity index (χ1v) is 18.6. The molecule has 0 bridgehead atoms. The number of aliphatic hydroxyl groups excluding tert-OH is 1. The van der Waals surface area contributed by atoms with Crippen molar-refractivity contribution in [3.05, 3.63) is 24.8 Å². The van der Waals surface area contributed by atoms with Crippen molar-refractivity contribution in [3.8, 4) is 0 Å². The maximum Gasteiger partial charge on any atom is 0.192 e. The fourth-order valence-electron chi connectivity index (χ4n) is 3.92. The highest BCUT2D eigenvalue weighted by molar-refractivity contribution is 6.74. The summed E-state index contributed by atoms with van der Waals surface area (Å²) in [5.41, 5.74) is 0. The largest absolute Gasteiger partial charge is 0.413 e. The summed E-state index contributed by atoms with van der Waals surface area (Å²) in [6, 6.07) is 0. The zero-order chi connectivity index (χ0) is 25.0. The summed E-state index contributed by atoms with van der Waals surface area (Å²) in [5, 5.41) is 10.9. The number of hydrogen-bond acceptors (Lipinski definition) is 3. The van der Waals surface area contributed by atoms with E-state index in [-0.39, 0.29) is 40.2 Å². The van der Waals surface area contributed by atoms with Crippen LogP contribution in [0.25, 0.3) is 0 Å². The van der Waals surface area contributed by atoms with Crippen molar-refractivity contribution in [2.75, 3.05) is 0 Å². The Morgan fingerprint density at radius 2 is 1.38 bits per heavy atom. The van der Waals surface area contributed by atoms with Crippen LogP contribution >= 0.6 is 0 Å². The monoisotopic (exact) mass is 482 g/mol. The standard InChI is InChI=1S/C27H54O3Si2/c1-13-15-16-17-21(28)18-19-23-22(14-2)24(29-31(9,10)26(3,4)5)20-25(23)30-32(11,12)27(6,7)8/h14,18-19,21-25,28H,2,13,15-17,20H2,1,3-12H3/b19-18+/t21?,22-,23+,24-,25+/m0/s1. The minimum atomic E-state index is -1.94. The molecule has 0 aromatic carbocycles. The highest BCUT2D eigenvalue weighted by Gasteiger charge is 2.49. The van der Waals surface area contributed by atoms with E-state index in [1.54, 1.807) is 0 Å². The summed E-state index contributed by atoms with van der Waals surface area (Å²) in [4.78, 5) is 0. The molecule has 0 aromatic rings. The van der Waals surface area contributed by atoms with Gasteiger partial charge in [0.05, 0.1) is 18.3 Å². The maximum atomic E-state index is 10.5. The van der Waals surface area contributed by atoms with Gasteiger partial charge < -0.3 is 14.0 Å². The lowest BCUT2D eigenvalue weighted by atomic mass is 9.92. The molecule has 1 fully saturated rings. The first-order chi connectivity index (χ1) is 14.5. The smallest absolute Gasteiger partial charge is 0.192 e. The predicted octanol–water partition coefficient (Wildman–Crippen LogP) is 8.09. The third kappa shape index (κ3) is 7.94. The molecule has 1 saturated carbocycles. The normalized spacial score (nSPS) is 26.6. The highest BCUT2D eigenvalue weighted by atomic mass is 28.4. The first kappa shape index (κ1) is 29.8. The van der Waals surface area contributed by atoms with Gasteiger partial charge in [-0.1, -0.05) is 86.0 Å². The van der Waals surface area contributed by atoms with Crippen LogP contribution in [0.2, 0.25) is 36.3 Å². The molecular weight excluding hydrogens is 428 g/mol. The third-order valence-electron chi connectivity index (χ3n) is 8.20. The molecule has 0 amide bonds. The van der Waals surface area contributed by atoms with Gasteiger partial charge in [0.2, 0.25) is 0 Å². The molecule has 0 saturated heterocycles. The van der Waals surface area contributed by atoms with Gasteiger partial charge in [-0.25, -0.2) is 0 Å². The summed E-state index contributed by atoms with van der Waals surface area (Å²) < 4.78 is 13.9. The zero-order valence-corrected chi connectivity index (χ0v) is 25.1. The zero-order valence-electron chi connectivity index (χ0n) is 23.1. The fourth-order valence-corrected chi connectivity index (χ4v) is 6.65. The molecule has 32 heavy (non-hydrogen) atoms. The quantitative estimate of drug-likeness (QED) is 0.184. The van der Waals surface area contributed by atoms with E-state index >= 15 is 0 Å². The summed E-state index contributed by atoms with van der Waals surface area (Å²) in [6.45, 7) is 29.5. The van der Waals surface area contributed by atoms with Crippen molar-refractivity contribution in [2.45, 2.75) is 135 Å². The SMILES string of the molecule is C=C[C@H]1[C@@H](/C=C/C(O)CCCCC)[C@H](O[Si](C)(C)C(C)(C)C)C[C@@H]1O[Si](C)(C)C(C)(C)C. The van der Waals surface area contributed by atoms with Crippen molar-refractivity contribution in [3.63, 3.8) is 0 Å². The number of aliphatic hydroxyl groups is 1. The predicted molar refractivity (Wildman–Crippen MR) is 145 cm³/mol. The molecular formula is C27H54O3Si2. The van der Waals surface area contributed by atoms with Crippen LogP contribution in [0.1, 0.15) is 80.6 Å². The molecule has 3 nitrogen and oxygen atoms in total. The average molecular weight is 483 g/mol. The minimum absolute atomic E-state index is 0.104. The Morgan fingerprint density at radius 1 is 0.906 bits per heavy atom. The molecule has 5 heteroatoms.